The van der Waals surface area contributed by atoms with E-state index in [1.807, 2.05) is 25.1 Å². The summed E-state index contributed by atoms with van der Waals surface area (Å²) in [5.74, 6) is 0.727. The van der Waals surface area contributed by atoms with Crippen molar-refractivity contribution in [3.63, 3.8) is 0 Å². The quantitative estimate of drug-likeness (QED) is 0.878. The van der Waals surface area contributed by atoms with Crippen LogP contribution in [0.4, 0.5) is 0 Å². The van der Waals surface area contributed by atoms with Crippen molar-refractivity contribution < 1.29 is 14.3 Å². The van der Waals surface area contributed by atoms with Gasteiger partial charge in [0.05, 0.1) is 20.3 Å². The number of H-pyrrole nitrogens is 1. The van der Waals surface area contributed by atoms with Gasteiger partial charge in [-0.1, -0.05) is 0 Å². The maximum Gasteiger partial charge on any atom is 0.268 e. The number of morpholine rings is 1. The second-order valence-corrected chi connectivity index (χ2v) is 5.75. The van der Waals surface area contributed by atoms with Crippen molar-refractivity contribution in [1.29, 1.82) is 0 Å². The van der Waals surface area contributed by atoms with Gasteiger partial charge in [0.1, 0.15) is 11.4 Å². The molecule has 2 N–H and O–H groups in total. The molecule has 124 valence electrons. The fourth-order valence-electron chi connectivity index (χ4n) is 2.90. The minimum absolute atomic E-state index is 0.0640. The zero-order chi connectivity index (χ0) is 16.2. The molecule has 0 atom stereocenters. The van der Waals surface area contributed by atoms with E-state index in [4.69, 9.17) is 9.47 Å². The summed E-state index contributed by atoms with van der Waals surface area (Å²) < 4.78 is 10.6. The third kappa shape index (κ3) is 3.48. The summed E-state index contributed by atoms with van der Waals surface area (Å²) in [5, 5.41) is 4.01. The molecule has 1 aliphatic heterocycles. The maximum atomic E-state index is 12.4. The molecule has 0 unspecified atom stereocenters. The van der Waals surface area contributed by atoms with E-state index in [1.54, 1.807) is 7.11 Å². The van der Waals surface area contributed by atoms with E-state index < -0.39 is 0 Å². The molecule has 1 fully saturated rings. The lowest BCUT2D eigenvalue weighted by molar-refractivity contribution is 0.0383. The van der Waals surface area contributed by atoms with Crippen molar-refractivity contribution in [2.24, 2.45) is 0 Å². The van der Waals surface area contributed by atoms with Gasteiger partial charge >= 0.3 is 0 Å². The Morgan fingerprint density at radius 3 is 2.91 bits per heavy atom. The number of hydrogen-bond donors (Lipinski definition) is 2. The predicted molar refractivity (Wildman–Crippen MR) is 89.2 cm³/mol. The molecule has 0 aliphatic carbocycles. The molecule has 6 nitrogen and oxygen atoms in total. The monoisotopic (exact) mass is 317 g/mol. The highest BCUT2D eigenvalue weighted by atomic mass is 16.5. The Labute approximate surface area is 135 Å². The number of carbonyl (C=O) groups is 1. The molecule has 1 aromatic heterocycles. The Kier molecular flexibility index (Phi) is 4.83. The molecule has 0 bridgehead atoms. The van der Waals surface area contributed by atoms with E-state index in [9.17, 15) is 4.79 Å². The van der Waals surface area contributed by atoms with E-state index in [-0.39, 0.29) is 5.91 Å². The van der Waals surface area contributed by atoms with Crippen molar-refractivity contribution in [3.8, 4) is 5.75 Å². The number of nitrogens with one attached hydrogen (secondary N) is 2. The smallest absolute Gasteiger partial charge is 0.268 e. The molecule has 2 heterocycles. The lowest BCUT2D eigenvalue weighted by Gasteiger charge is -2.26. The van der Waals surface area contributed by atoms with Gasteiger partial charge in [0.2, 0.25) is 0 Å². The first-order valence-electron chi connectivity index (χ1n) is 7.93. The third-order valence-electron chi connectivity index (χ3n) is 4.31. The summed E-state index contributed by atoms with van der Waals surface area (Å²) in [6.07, 6.45) is 0. The van der Waals surface area contributed by atoms with Gasteiger partial charge in [-0.05, 0) is 30.7 Å². The third-order valence-corrected chi connectivity index (χ3v) is 4.31. The number of hydrogen-bond acceptors (Lipinski definition) is 4. The summed E-state index contributed by atoms with van der Waals surface area (Å²) >= 11 is 0. The molecule has 2 aromatic rings. The normalized spacial score (nSPS) is 15.7. The van der Waals surface area contributed by atoms with Gasteiger partial charge in [0.15, 0.2) is 0 Å². The van der Waals surface area contributed by atoms with Crippen molar-refractivity contribution in [2.45, 2.75) is 6.92 Å². The number of nitrogens with zero attached hydrogens (tertiary/aromatic N) is 1. The summed E-state index contributed by atoms with van der Waals surface area (Å²) in [6, 6.07) is 5.77. The van der Waals surface area contributed by atoms with Gasteiger partial charge in [0, 0.05) is 37.1 Å². The van der Waals surface area contributed by atoms with Crippen molar-refractivity contribution >= 4 is 16.8 Å². The van der Waals surface area contributed by atoms with Crippen LogP contribution in [0.5, 0.6) is 5.75 Å². The molecule has 0 saturated carbocycles. The lowest BCUT2D eigenvalue weighted by Crippen LogP contribution is -2.41. The summed E-state index contributed by atoms with van der Waals surface area (Å²) in [4.78, 5) is 17.9. The number of ether oxygens (including phenoxy) is 2. The summed E-state index contributed by atoms with van der Waals surface area (Å²) in [5.41, 5.74) is 2.51. The van der Waals surface area contributed by atoms with Crippen LogP contribution in [-0.4, -0.2) is 62.3 Å². The number of carbonyl (C=O) groups excluding carboxylic acids is 1. The number of rotatable bonds is 5. The van der Waals surface area contributed by atoms with Crippen LogP contribution >= 0.6 is 0 Å². The van der Waals surface area contributed by atoms with E-state index in [0.717, 1.165) is 55.1 Å². The molecule has 0 spiro atoms. The minimum atomic E-state index is -0.0640. The summed E-state index contributed by atoms with van der Waals surface area (Å²) in [6.45, 7) is 6.85. The van der Waals surface area contributed by atoms with E-state index in [2.05, 4.69) is 15.2 Å². The number of benzene rings is 1. The predicted octanol–water partition coefficient (Wildman–Crippen LogP) is 1.55. The Morgan fingerprint density at radius 2 is 2.17 bits per heavy atom. The number of amides is 1. The SMILES string of the molecule is COc1ccc2[nH]c(C(=O)NCCN3CCOCC3)c(C)c2c1. The van der Waals surface area contributed by atoms with Gasteiger partial charge in [-0.15, -0.1) is 0 Å². The number of aryl methyl sites for hydroxylation is 1. The molecule has 0 radical (unpaired) electrons. The first kappa shape index (κ1) is 15.8. The lowest BCUT2D eigenvalue weighted by atomic mass is 10.1. The van der Waals surface area contributed by atoms with Crippen LogP contribution in [0.3, 0.4) is 0 Å². The van der Waals surface area contributed by atoms with Gasteiger partial charge in [-0.25, -0.2) is 0 Å². The van der Waals surface area contributed by atoms with E-state index in [0.29, 0.717) is 12.2 Å². The molecular weight excluding hydrogens is 294 g/mol. The molecule has 1 amide bonds. The largest absolute Gasteiger partial charge is 0.497 e. The van der Waals surface area contributed by atoms with Crippen LogP contribution in [-0.2, 0) is 4.74 Å². The molecule has 1 aliphatic rings. The van der Waals surface area contributed by atoms with Crippen LogP contribution in [0.1, 0.15) is 16.1 Å². The van der Waals surface area contributed by atoms with Crippen LogP contribution in [0.15, 0.2) is 18.2 Å². The molecule has 3 rings (SSSR count). The van der Waals surface area contributed by atoms with E-state index in [1.165, 1.54) is 0 Å². The van der Waals surface area contributed by atoms with Gasteiger partial charge in [0.25, 0.3) is 5.91 Å². The number of aromatic nitrogens is 1. The Balaban J connectivity index is 1.64. The van der Waals surface area contributed by atoms with Crippen LogP contribution < -0.4 is 10.1 Å². The van der Waals surface area contributed by atoms with Crippen molar-refractivity contribution in [1.82, 2.24) is 15.2 Å². The van der Waals surface area contributed by atoms with E-state index >= 15 is 0 Å². The standard InChI is InChI=1S/C17H23N3O3/c1-12-14-11-13(22-2)3-4-15(14)19-16(12)17(21)18-5-6-20-7-9-23-10-8-20/h3-4,11,19H,5-10H2,1-2H3,(H,18,21). The van der Waals surface area contributed by atoms with Gasteiger partial charge < -0.3 is 19.8 Å². The molecular formula is C17H23N3O3. The molecule has 23 heavy (non-hydrogen) atoms. The van der Waals surface area contributed by atoms with Crippen LogP contribution in [0, 0.1) is 6.92 Å². The van der Waals surface area contributed by atoms with Crippen LogP contribution in [0.2, 0.25) is 0 Å². The highest BCUT2D eigenvalue weighted by molar-refractivity contribution is 6.01. The fraction of sp³-hybridized carbons (Fsp3) is 0.471. The molecule has 1 saturated heterocycles. The fourth-order valence-corrected chi connectivity index (χ4v) is 2.90. The average molecular weight is 317 g/mol. The summed E-state index contributed by atoms with van der Waals surface area (Å²) in [7, 11) is 1.64. The molecule has 1 aromatic carbocycles. The second kappa shape index (κ2) is 7.02. The first-order valence-corrected chi connectivity index (χ1v) is 7.93. The number of aromatic amines is 1. The minimum Gasteiger partial charge on any atom is -0.497 e. The maximum absolute atomic E-state index is 12.4. The highest BCUT2D eigenvalue weighted by Crippen LogP contribution is 2.25. The van der Waals surface area contributed by atoms with Crippen LogP contribution in [0.25, 0.3) is 10.9 Å². The second-order valence-electron chi connectivity index (χ2n) is 5.75. The Hall–Kier alpha value is -2.05. The van der Waals surface area contributed by atoms with Gasteiger partial charge in [-0.2, -0.15) is 0 Å². The Bertz CT molecular complexity index is 690. The molecule has 6 heteroatoms. The average Bonchev–Trinajstić information content (AvgIpc) is 2.92. The highest BCUT2D eigenvalue weighted by Gasteiger charge is 2.16. The first-order chi connectivity index (χ1) is 11.2. The zero-order valence-electron chi connectivity index (χ0n) is 13.6. The van der Waals surface area contributed by atoms with Crippen molar-refractivity contribution in [2.75, 3.05) is 46.5 Å². The zero-order valence-corrected chi connectivity index (χ0v) is 13.6. The Morgan fingerprint density at radius 1 is 1.39 bits per heavy atom. The number of fused-ring (bicyclic) bond motifs is 1. The van der Waals surface area contributed by atoms with Crippen molar-refractivity contribution in [3.05, 3.63) is 29.5 Å². The van der Waals surface area contributed by atoms with Gasteiger partial charge in [-0.3, -0.25) is 9.69 Å². The number of methoxy groups -OCH3 is 1. The topological polar surface area (TPSA) is 66.6 Å².